The quantitative estimate of drug-likeness (QED) is 0.862. The van der Waals surface area contributed by atoms with Gasteiger partial charge in [-0.1, -0.05) is 0 Å². The average molecular weight is 305 g/mol. The van der Waals surface area contributed by atoms with Gasteiger partial charge >= 0.3 is 0 Å². The zero-order valence-corrected chi connectivity index (χ0v) is 12.9. The maximum atomic E-state index is 12.3. The number of amides is 2. The fourth-order valence-corrected chi connectivity index (χ4v) is 3.12. The third-order valence-electron chi connectivity index (χ3n) is 3.80. The fraction of sp³-hybridized carbons (Fsp3) is 0.533. The summed E-state index contributed by atoms with van der Waals surface area (Å²) in [5.74, 6) is -0.102. The average Bonchev–Trinajstić information content (AvgIpc) is 2.99. The monoisotopic (exact) mass is 305 g/mol. The Morgan fingerprint density at radius 2 is 2.24 bits per heavy atom. The van der Waals surface area contributed by atoms with E-state index in [9.17, 15) is 9.59 Å². The zero-order chi connectivity index (χ0) is 14.8. The summed E-state index contributed by atoms with van der Waals surface area (Å²) in [7, 11) is 0. The molecule has 0 aromatic carbocycles. The highest BCUT2D eigenvalue weighted by atomic mass is 32.1. The third-order valence-corrected chi connectivity index (χ3v) is 4.59. The minimum absolute atomic E-state index is 0.00116. The molecule has 1 aliphatic heterocycles. The SMILES string of the molecule is Cc1nc(C=CC(=O)N2CCCC2C(=O)NC2CC2)cs1. The summed E-state index contributed by atoms with van der Waals surface area (Å²) >= 11 is 1.56. The first-order valence-corrected chi connectivity index (χ1v) is 8.22. The van der Waals surface area contributed by atoms with E-state index in [0.717, 1.165) is 36.4 Å². The number of likely N-dealkylation sites (tertiary alicyclic amines) is 1. The largest absolute Gasteiger partial charge is 0.352 e. The van der Waals surface area contributed by atoms with Gasteiger partial charge in [-0.3, -0.25) is 9.59 Å². The number of aromatic nitrogens is 1. The Bertz CT molecular complexity index is 577. The Morgan fingerprint density at radius 1 is 1.43 bits per heavy atom. The number of nitrogens with zero attached hydrogens (tertiary/aromatic N) is 2. The van der Waals surface area contributed by atoms with Gasteiger partial charge in [0.25, 0.3) is 0 Å². The first-order chi connectivity index (χ1) is 10.1. The zero-order valence-electron chi connectivity index (χ0n) is 12.0. The maximum Gasteiger partial charge on any atom is 0.247 e. The van der Waals surface area contributed by atoms with Crippen molar-refractivity contribution >= 4 is 29.2 Å². The van der Waals surface area contributed by atoms with E-state index in [1.165, 1.54) is 6.08 Å². The van der Waals surface area contributed by atoms with Crippen LogP contribution in [0.25, 0.3) is 6.08 Å². The minimum atomic E-state index is -0.306. The van der Waals surface area contributed by atoms with Crippen LogP contribution in [0.3, 0.4) is 0 Å². The number of nitrogens with one attached hydrogen (secondary N) is 1. The van der Waals surface area contributed by atoms with Crippen molar-refractivity contribution in [1.82, 2.24) is 15.2 Å². The van der Waals surface area contributed by atoms with Gasteiger partial charge in [0, 0.05) is 24.0 Å². The molecule has 2 aliphatic rings. The van der Waals surface area contributed by atoms with Gasteiger partial charge < -0.3 is 10.2 Å². The van der Waals surface area contributed by atoms with Crippen molar-refractivity contribution in [3.05, 3.63) is 22.2 Å². The Morgan fingerprint density at radius 3 is 2.90 bits per heavy atom. The number of rotatable bonds is 4. The highest BCUT2D eigenvalue weighted by Crippen LogP contribution is 2.22. The number of thiazole rings is 1. The lowest BCUT2D eigenvalue weighted by atomic mass is 10.2. The second kappa shape index (κ2) is 5.97. The maximum absolute atomic E-state index is 12.3. The van der Waals surface area contributed by atoms with E-state index in [1.807, 2.05) is 12.3 Å². The summed E-state index contributed by atoms with van der Waals surface area (Å²) in [6.07, 6.45) is 7.02. The summed E-state index contributed by atoms with van der Waals surface area (Å²) in [5, 5.41) is 5.88. The molecule has 1 atom stereocenters. The van der Waals surface area contributed by atoms with Crippen LogP contribution in [0.5, 0.6) is 0 Å². The summed E-state index contributed by atoms with van der Waals surface area (Å²) in [6, 6.07) is 0.0310. The van der Waals surface area contributed by atoms with Crippen LogP contribution in [0.1, 0.15) is 36.4 Å². The number of hydrogen-bond donors (Lipinski definition) is 1. The van der Waals surface area contributed by atoms with Gasteiger partial charge in [0.1, 0.15) is 6.04 Å². The molecule has 1 aliphatic carbocycles. The molecule has 1 aromatic rings. The van der Waals surface area contributed by atoms with Gasteiger partial charge in [0.05, 0.1) is 10.7 Å². The molecule has 6 heteroatoms. The molecule has 3 rings (SSSR count). The van der Waals surface area contributed by atoms with Crippen LogP contribution >= 0.6 is 11.3 Å². The Hall–Kier alpha value is -1.69. The van der Waals surface area contributed by atoms with Crippen molar-refractivity contribution in [2.24, 2.45) is 0 Å². The molecule has 2 amide bonds. The Labute approximate surface area is 128 Å². The molecule has 1 unspecified atom stereocenters. The molecular weight excluding hydrogens is 286 g/mol. The predicted octanol–water partition coefficient (Wildman–Crippen LogP) is 1.73. The number of aryl methyl sites for hydroxylation is 1. The van der Waals surface area contributed by atoms with Gasteiger partial charge in [-0.15, -0.1) is 11.3 Å². The Kier molecular flexibility index (Phi) is 4.05. The van der Waals surface area contributed by atoms with Crippen molar-refractivity contribution in [2.75, 3.05) is 6.54 Å². The lowest BCUT2D eigenvalue weighted by molar-refractivity contribution is -0.135. The summed E-state index contributed by atoms with van der Waals surface area (Å²) in [4.78, 5) is 30.4. The normalized spacial score (nSPS) is 22.0. The number of carbonyl (C=O) groups is 2. The van der Waals surface area contributed by atoms with Gasteiger partial charge in [0.15, 0.2) is 0 Å². The van der Waals surface area contributed by atoms with E-state index in [2.05, 4.69) is 10.3 Å². The van der Waals surface area contributed by atoms with Crippen molar-refractivity contribution in [3.8, 4) is 0 Å². The standard InChI is InChI=1S/C15H19N3O2S/c1-10-16-12(9-21-10)6-7-14(19)18-8-2-3-13(18)15(20)17-11-4-5-11/h6-7,9,11,13H,2-5,8H2,1H3,(H,17,20). The van der Waals surface area contributed by atoms with Gasteiger partial charge in [-0.05, 0) is 38.7 Å². The Balaban J connectivity index is 1.62. The molecule has 2 fully saturated rings. The highest BCUT2D eigenvalue weighted by Gasteiger charge is 2.35. The molecular formula is C15H19N3O2S. The van der Waals surface area contributed by atoms with Crippen LogP contribution < -0.4 is 5.32 Å². The molecule has 5 nitrogen and oxygen atoms in total. The van der Waals surface area contributed by atoms with E-state index in [0.29, 0.717) is 12.6 Å². The highest BCUT2D eigenvalue weighted by molar-refractivity contribution is 7.09. The second-order valence-corrected chi connectivity index (χ2v) is 6.66. The molecule has 21 heavy (non-hydrogen) atoms. The molecule has 2 heterocycles. The molecule has 1 aromatic heterocycles. The van der Waals surface area contributed by atoms with Gasteiger partial charge in [0.2, 0.25) is 11.8 Å². The van der Waals surface area contributed by atoms with E-state index in [4.69, 9.17) is 0 Å². The summed E-state index contributed by atoms with van der Waals surface area (Å²) < 4.78 is 0. The van der Waals surface area contributed by atoms with Gasteiger partial charge in [-0.2, -0.15) is 0 Å². The van der Waals surface area contributed by atoms with Crippen LogP contribution in [0.2, 0.25) is 0 Å². The smallest absolute Gasteiger partial charge is 0.247 e. The molecule has 1 saturated heterocycles. The second-order valence-electron chi connectivity index (χ2n) is 5.60. The summed E-state index contributed by atoms with van der Waals surface area (Å²) in [6.45, 7) is 2.59. The van der Waals surface area contributed by atoms with E-state index >= 15 is 0 Å². The molecule has 0 spiro atoms. The fourth-order valence-electron chi connectivity index (χ4n) is 2.54. The molecule has 112 valence electrons. The van der Waals surface area contributed by atoms with Crippen molar-refractivity contribution < 1.29 is 9.59 Å². The number of carbonyl (C=O) groups excluding carboxylic acids is 2. The van der Waals surface area contributed by atoms with Crippen LogP contribution in [0.4, 0.5) is 0 Å². The molecule has 1 N–H and O–H groups in total. The van der Waals surface area contributed by atoms with Crippen molar-refractivity contribution in [3.63, 3.8) is 0 Å². The topological polar surface area (TPSA) is 62.3 Å². The van der Waals surface area contributed by atoms with E-state index in [-0.39, 0.29) is 17.9 Å². The van der Waals surface area contributed by atoms with E-state index < -0.39 is 0 Å². The van der Waals surface area contributed by atoms with Gasteiger partial charge in [-0.25, -0.2) is 4.98 Å². The lowest BCUT2D eigenvalue weighted by Gasteiger charge is -2.22. The van der Waals surface area contributed by atoms with Crippen LogP contribution in [-0.2, 0) is 9.59 Å². The van der Waals surface area contributed by atoms with Crippen LogP contribution in [0.15, 0.2) is 11.5 Å². The van der Waals surface area contributed by atoms with Crippen molar-refractivity contribution in [2.45, 2.75) is 44.7 Å². The lowest BCUT2D eigenvalue weighted by Crippen LogP contribution is -2.46. The minimum Gasteiger partial charge on any atom is -0.352 e. The number of hydrogen-bond acceptors (Lipinski definition) is 4. The van der Waals surface area contributed by atoms with Crippen LogP contribution in [-0.4, -0.2) is 40.3 Å². The first kappa shape index (κ1) is 14.3. The molecule has 1 saturated carbocycles. The predicted molar refractivity (Wildman–Crippen MR) is 81.8 cm³/mol. The van der Waals surface area contributed by atoms with E-state index in [1.54, 1.807) is 22.3 Å². The van der Waals surface area contributed by atoms with Crippen LogP contribution in [0, 0.1) is 6.92 Å². The van der Waals surface area contributed by atoms with Crippen molar-refractivity contribution in [1.29, 1.82) is 0 Å². The third kappa shape index (κ3) is 3.50. The first-order valence-electron chi connectivity index (χ1n) is 7.34. The molecule has 0 radical (unpaired) electrons. The summed E-state index contributed by atoms with van der Waals surface area (Å²) in [5.41, 5.74) is 0.795. The molecule has 0 bridgehead atoms.